The molecule has 2 saturated heterocycles. The van der Waals surface area contributed by atoms with Gasteiger partial charge >= 0.3 is 0 Å². The van der Waals surface area contributed by atoms with Crippen molar-refractivity contribution in [3.8, 4) is 0 Å². The maximum absolute atomic E-state index is 13.6. The molecule has 3 amide bonds. The maximum Gasteiger partial charge on any atom is 0.241 e. The Hall–Kier alpha value is -2.51. The molecule has 2 aliphatic rings. The van der Waals surface area contributed by atoms with Crippen molar-refractivity contribution in [2.45, 2.75) is 50.2 Å². The molecule has 2 aliphatic heterocycles. The topological polar surface area (TPSA) is 66.9 Å². The molecule has 2 aromatic rings. The van der Waals surface area contributed by atoms with E-state index in [2.05, 4.69) is 0 Å². The zero-order valence-electron chi connectivity index (χ0n) is 17.8. The first kappa shape index (κ1) is 21.7. The monoisotopic (exact) mass is 440 g/mol. The number of carbonyl (C=O) groups excluding carboxylic acids is 3. The van der Waals surface area contributed by atoms with Crippen LogP contribution >= 0.6 is 11.3 Å². The fraction of sp³-hybridized carbons (Fsp3) is 0.458. The highest BCUT2D eigenvalue weighted by Crippen LogP contribution is 2.41. The van der Waals surface area contributed by atoms with Gasteiger partial charge in [-0.15, -0.1) is 11.3 Å². The molecule has 1 aromatic heterocycles. The standard InChI is InChI=1S/C24H28N2O4S/c1-25(16-19-10-5-6-12-30-19)21(27)14-24(18-8-3-2-4-9-18)15-22(28)26(23(24)29)17-20-11-7-13-31-20/h2-4,7-9,11,13,19H,5-6,10,12,14-17H2,1H3/t19-,24-/m1/s1. The molecule has 2 fully saturated rings. The van der Waals surface area contributed by atoms with Gasteiger partial charge in [0.1, 0.15) is 0 Å². The van der Waals surface area contributed by atoms with Gasteiger partial charge in [-0.25, -0.2) is 0 Å². The van der Waals surface area contributed by atoms with E-state index in [1.165, 1.54) is 16.2 Å². The third-order valence-electron chi connectivity index (χ3n) is 6.26. The van der Waals surface area contributed by atoms with Crippen molar-refractivity contribution in [3.05, 3.63) is 58.3 Å². The number of amides is 3. The van der Waals surface area contributed by atoms with E-state index >= 15 is 0 Å². The van der Waals surface area contributed by atoms with Gasteiger partial charge in [0.2, 0.25) is 17.7 Å². The number of benzene rings is 1. The van der Waals surface area contributed by atoms with E-state index in [-0.39, 0.29) is 43.2 Å². The Bertz CT molecular complexity index is 924. The number of rotatable bonds is 7. The van der Waals surface area contributed by atoms with Crippen molar-refractivity contribution in [3.63, 3.8) is 0 Å². The van der Waals surface area contributed by atoms with Crippen molar-refractivity contribution in [1.82, 2.24) is 9.80 Å². The lowest BCUT2D eigenvalue weighted by Crippen LogP contribution is -2.44. The smallest absolute Gasteiger partial charge is 0.241 e. The molecule has 0 bridgehead atoms. The van der Waals surface area contributed by atoms with Crippen molar-refractivity contribution >= 4 is 29.1 Å². The number of imide groups is 1. The van der Waals surface area contributed by atoms with E-state index in [0.29, 0.717) is 6.54 Å². The van der Waals surface area contributed by atoms with Crippen LogP contribution in [0.15, 0.2) is 47.8 Å². The minimum atomic E-state index is -1.16. The Morgan fingerprint density at radius 2 is 2.00 bits per heavy atom. The van der Waals surface area contributed by atoms with Crippen LogP contribution in [0.4, 0.5) is 0 Å². The summed E-state index contributed by atoms with van der Waals surface area (Å²) in [5, 5.41) is 1.93. The van der Waals surface area contributed by atoms with E-state index in [0.717, 1.165) is 36.3 Å². The van der Waals surface area contributed by atoms with E-state index in [9.17, 15) is 14.4 Å². The highest BCUT2D eigenvalue weighted by Gasteiger charge is 2.54. The van der Waals surface area contributed by atoms with Gasteiger partial charge in [-0.05, 0) is 36.3 Å². The number of ether oxygens (including phenoxy) is 1. The predicted octanol–water partition coefficient (Wildman–Crippen LogP) is 3.36. The number of carbonyl (C=O) groups is 3. The van der Waals surface area contributed by atoms with Gasteiger partial charge in [-0.1, -0.05) is 36.4 Å². The van der Waals surface area contributed by atoms with Crippen LogP contribution in [0.3, 0.4) is 0 Å². The summed E-state index contributed by atoms with van der Waals surface area (Å²) < 4.78 is 5.77. The molecule has 31 heavy (non-hydrogen) atoms. The highest BCUT2D eigenvalue weighted by molar-refractivity contribution is 7.09. The van der Waals surface area contributed by atoms with Crippen molar-refractivity contribution in [2.24, 2.45) is 0 Å². The molecule has 4 rings (SSSR count). The lowest BCUT2D eigenvalue weighted by molar-refractivity contribution is -0.143. The van der Waals surface area contributed by atoms with E-state index in [1.807, 2.05) is 47.8 Å². The fourth-order valence-corrected chi connectivity index (χ4v) is 5.19. The molecular formula is C24H28N2O4S. The number of likely N-dealkylation sites (tertiary alicyclic amines) is 1. The Balaban J connectivity index is 1.56. The van der Waals surface area contributed by atoms with Crippen LogP contribution in [0, 0.1) is 0 Å². The molecule has 7 heteroatoms. The van der Waals surface area contributed by atoms with Gasteiger partial charge in [0.15, 0.2) is 0 Å². The Kier molecular flexibility index (Phi) is 6.53. The molecule has 0 unspecified atom stereocenters. The van der Waals surface area contributed by atoms with E-state index < -0.39 is 5.41 Å². The van der Waals surface area contributed by atoms with Crippen LogP contribution in [0.2, 0.25) is 0 Å². The summed E-state index contributed by atoms with van der Waals surface area (Å²) in [7, 11) is 1.75. The number of hydrogen-bond donors (Lipinski definition) is 0. The molecule has 6 nitrogen and oxygen atoms in total. The highest BCUT2D eigenvalue weighted by atomic mass is 32.1. The first-order valence-corrected chi connectivity index (χ1v) is 11.7. The molecule has 0 aliphatic carbocycles. The zero-order chi connectivity index (χ0) is 21.8. The van der Waals surface area contributed by atoms with Crippen LogP contribution in [0.25, 0.3) is 0 Å². The third-order valence-corrected chi connectivity index (χ3v) is 7.12. The van der Waals surface area contributed by atoms with Crippen LogP contribution in [-0.2, 0) is 31.1 Å². The minimum absolute atomic E-state index is 0.0146. The Labute approximate surface area is 186 Å². The van der Waals surface area contributed by atoms with Gasteiger partial charge in [0.05, 0.1) is 18.1 Å². The second-order valence-corrected chi connectivity index (χ2v) is 9.46. The second-order valence-electron chi connectivity index (χ2n) is 8.43. The first-order valence-electron chi connectivity index (χ1n) is 10.8. The molecule has 0 spiro atoms. The Morgan fingerprint density at radius 1 is 1.19 bits per heavy atom. The fourth-order valence-electron chi connectivity index (χ4n) is 4.49. The summed E-state index contributed by atoms with van der Waals surface area (Å²) in [6, 6.07) is 13.1. The average Bonchev–Trinajstić information content (AvgIpc) is 3.38. The number of nitrogens with zero attached hydrogens (tertiary/aromatic N) is 2. The van der Waals surface area contributed by atoms with Crippen LogP contribution < -0.4 is 0 Å². The summed E-state index contributed by atoms with van der Waals surface area (Å²) in [4.78, 5) is 43.7. The molecule has 164 valence electrons. The van der Waals surface area contributed by atoms with Crippen LogP contribution in [0.5, 0.6) is 0 Å². The van der Waals surface area contributed by atoms with Gasteiger partial charge in [-0.2, -0.15) is 0 Å². The lowest BCUT2D eigenvalue weighted by Gasteiger charge is -2.31. The quantitative estimate of drug-likeness (QED) is 0.619. The Morgan fingerprint density at radius 3 is 2.68 bits per heavy atom. The van der Waals surface area contributed by atoms with Gasteiger partial charge in [0, 0.05) is 37.9 Å². The zero-order valence-corrected chi connectivity index (χ0v) is 18.6. The van der Waals surface area contributed by atoms with E-state index in [4.69, 9.17) is 4.74 Å². The summed E-state index contributed by atoms with van der Waals surface area (Å²) in [5.41, 5.74) is -0.438. The SMILES string of the molecule is CN(C[C@H]1CCCCO1)C(=O)C[C@]1(c2ccccc2)CC(=O)N(Cc2cccs2)C1=O. The van der Waals surface area contributed by atoms with Crippen LogP contribution in [-0.4, -0.2) is 53.8 Å². The first-order chi connectivity index (χ1) is 15.0. The summed E-state index contributed by atoms with van der Waals surface area (Å²) >= 11 is 1.51. The molecule has 0 radical (unpaired) electrons. The third kappa shape index (κ3) is 4.57. The lowest BCUT2D eigenvalue weighted by atomic mass is 9.75. The van der Waals surface area contributed by atoms with Crippen molar-refractivity contribution in [1.29, 1.82) is 0 Å². The summed E-state index contributed by atoms with van der Waals surface area (Å²) in [6.45, 7) is 1.49. The molecule has 1 aromatic carbocycles. The average molecular weight is 441 g/mol. The largest absolute Gasteiger partial charge is 0.376 e. The van der Waals surface area contributed by atoms with E-state index in [1.54, 1.807) is 11.9 Å². The molecule has 3 heterocycles. The second kappa shape index (κ2) is 9.32. The van der Waals surface area contributed by atoms with Crippen LogP contribution in [0.1, 0.15) is 42.5 Å². The number of hydrogen-bond acceptors (Lipinski definition) is 5. The number of thiophene rings is 1. The molecule has 0 saturated carbocycles. The molecular weight excluding hydrogens is 412 g/mol. The molecule has 2 atom stereocenters. The number of likely N-dealkylation sites (N-methyl/N-ethyl adjacent to an activating group) is 1. The maximum atomic E-state index is 13.6. The van der Waals surface area contributed by atoms with Gasteiger partial charge < -0.3 is 9.64 Å². The summed E-state index contributed by atoms with van der Waals surface area (Å²) in [5.74, 6) is -0.654. The normalized spacial score (nSPS) is 23.9. The molecule has 0 N–H and O–H groups in total. The van der Waals surface area contributed by atoms with Crippen molar-refractivity contribution in [2.75, 3.05) is 20.2 Å². The minimum Gasteiger partial charge on any atom is -0.376 e. The van der Waals surface area contributed by atoms with Gasteiger partial charge in [0.25, 0.3) is 0 Å². The van der Waals surface area contributed by atoms with Gasteiger partial charge in [-0.3, -0.25) is 19.3 Å². The van der Waals surface area contributed by atoms with Crippen molar-refractivity contribution < 1.29 is 19.1 Å². The predicted molar refractivity (Wildman–Crippen MR) is 118 cm³/mol. The summed E-state index contributed by atoms with van der Waals surface area (Å²) in [6.07, 6.45) is 3.12.